The molecule has 54 heavy (non-hydrogen) atoms. The molecule has 2 aliphatic rings. The molecule has 0 N–H and O–H groups in total. The Kier molecular flexibility index (Phi) is 7.42. The smallest absolute Gasteiger partial charge is 0.131 e. The third kappa shape index (κ3) is 4.80. The summed E-state index contributed by atoms with van der Waals surface area (Å²) in [6.07, 6.45) is 0. The Morgan fingerprint density at radius 3 is 1.65 bits per heavy atom. The maximum absolute atomic E-state index is 6.57. The predicted molar refractivity (Wildman–Crippen MR) is 223 cm³/mol. The number of hydrogen-bond acceptors (Lipinski definition) is 2. The van der Waals surface area contributed by atoms with E-state index in [2.05, 4.69) is 219 Å². The largest absolute Gasteiger partial charge is 0.457 e. The maximum atomic E-state index is 6.57. The summed E-state index contributed by atoms with van der Waals surface area (Å²) in [5.74, 6) is 1.82. The molecule has 8 aromatic carbocycles. The number of hydrogen-bond donors (Lipinski definition) is 0. The van der Waals surface area contributed by atoms with Crippen LogP contribution >= 0.6 is 0 Å². The first-order chi connectivity index (χ1) is 26.5. The van der Waals surface area contributed by atoms with Crippen molar-refractivity contribution in [3.63, 3.8) is 0 Å². The SMILES string of the molecule is CC1(C)c2ccccc2Oc2ccc(N(c3cccc(-c4ccccc4)c3)c3ccccc3C3(c4ccccc4)c4ccccc4-c4ccccc43)cc21. The van der Waals surface area contributed by atoms with E-state index in [-0.39, 0.29) is 5.41 Å². The Hall–Kier alpha value is -6.64. The molecule has 0 saturated heterocycles. The van der Waals surface area contributed by atoms with Crippen LogP contribution in [0.25, 0.3) is 22.3 Å². The Bertz CT molecular complexity index is 2630. The van der Waals surface area contributed by atoms with E-state index in [4.69, 9.17) is 4.74 Å². The van der Waals surface area contributed by atoms with Crippen molar-refractivity contribution in [3.8, 4) is 33.8 Å². The number of fused-ring (bicyclic) bond motifs is 5. The van der Waals surface area contributed by atoms with Crippen LogP contribution in [-0.4, -0.2) is 0 Å². The Morgan fingerprint density at radius 1 is 0.389 bits per heavy atom. The highest BCUT2D eigenvalue weighted by Crippen LogP contribution is 2.59. The molecule has 0 radical (unpaired) electrons. The quantitative estimate of drug-likeness (QED) is 0.172. The molecule has 1 aliphatic carbocycles. The van der Waals surface area contributed by atoms with Crippen molar-refractivity contribution in [2.24, 2.45) is 0 Å². The van der Waals surface area contributed by atoms with Crippen molar-refractivity contribution in [1.29, 1.82) is 0 Å². The van der Waals surface area contributed by atoms with E-state index < -0.39 is 5.41 Å². The van der Waals surface area contributed by atoms with Crippen LogP contribution in [0.15, 0.2) is 200 Å². The normalized spacial score (nSPS) is 14.2. The molecule has 0 amide bonds. The average Bonchev–Trinajstić information content (AvgIpc) is 3.53. The Morgan fingerprint density at radius 2 is 0.926 bits per heavy atom. The van der Waals surface area contributed by atoms with Gasteiger partial charge in [-0.15, -0.1) is 0 Å². The van der Waals surface area contributed by atoms with Crippen LogP contribution in [0.2, 0.25) is 0 Å². The standard InChI is InChI=1S/C52H39NO/c1-51(2)46-29-14-16-31-49(46)54-50-33-32-40(35-47(50)51)53(39-23-17-20-37(34-39)36-18-5-3-6-19-36)48-30-15-13-28-45(48)52(38-21-7-4-8-22-38)43-26-11-9-24-41(43)42-25-10-12-27-44(42)52/h3-35H,1-2H3. The van der Waals surface area contributed by atoms with Gasteiger partial charge in [0.05, 0.1) is 11.1 Å². The summed E-state index contributed by atoms with van der Waals surface area (Å²) in [5, 5.41) is 0. The van der Waals surface area contributed by atoms with Crippen LogP contribution in [0.3, 0.4) is 0 Å². The molecule has 258 valence electrons. The lowest BCUT2D eigenvalue weighted by Gasteiger charge is -2.39. The molecule has 1 aliphatic heterocycles. The van der Waals surface area contributed by atoms with E-state index in [1.165, 1.54) is 50.1 Å². The molecule has 0 aromatic heterocycles. The zero-order valence-corrected chi connectivity index (χ0v) is 30.4. The third-order valence-electron chi connectivity index (χ3n) is 11.6. The number of benzene rings is 8. The molecule has 2 heteroatoms. The fourth-order valence-electron chi connectivity index (χ4n) is 9.12. The third-order valence-corrected chi connectivity index (χ3v) is 11.6. The summed E-state index contributed by atoms with van der Waals surface area (Å²) in [4.78, 5) is 2.47. The summed E-state index contributed by atoms with van der Waals surface area (Å²) < 4.78 is 6.57. The second-order valence-electron chi connectivity index (χ2n) is 14.9. The number of para-hydroxylation sites is 2. The van der Waals surface area contributed by atoms with Gasteiger partial charge in [0.2, 0.25) is 0 Å². The monoisotopic (exact) mass is 693 g/mol. The average molecular weight is 694 g/mol. The molecule has 1 heterocycles. The zero-order chi connectivity index (χ0) is 36.3. The van der Waals surface area contributed by atoms with E-state index in [1.807, 2.05) is 0 Å². The van der Waals surface area contributed by atoms with Crippen LogP contribution in [0.5, 0.6) is 11.5 Å². The van der Waals surface area contributed by atoms with Gasteiger partial charge in [-0.1, -0.05) is 172 Å². The van der Waals surface area contributed by atoms with Crippen LogP contribution in [0, 0.1) is 0 Å². The first-order valence-electron chi connectivity index (χ1n) is 18.8. The maximum Gasteiger partial charge on any atom is 0.131 e. The fourth-order valence-corrected chi connectivity index (χ4v) is 9.12. The summed E-state index contributed by atoms with van der Waals surface area (Å²) in [6, 6.07) is 72.8. The molecule has 0 bridgehead atoms. The van der Waals surface area contributed by atoms with Gasteiger partial charge in [-0.3, -0.25) is 0 Å². The number of anilines is 3. The van der Waals surface area contributed by atoms with Crippen molar-refractivity contribution < 1.29 is 4.74 Å². The molecule has 8 aromatic rings. The zero-order valence-electron chi connectivity index (χ0n) is 30.4. The minimum absolute atomic E-state index is 0.272. The number of nitrogens with zero attached hydrogens (tertiary/aromatic N) is 1. The van der Waals surface area contributed by atoms with Gasteiger partial charge in [0, 0.05) is 27.9 Å². The van der Waals surface area contributed by atoms with Crippen LogP contribution < -0.4 is 9.64 Å². The lowest BCUT2D eigenvalue weighted by atomic mass is 9.67. The van der Waals surface area contributed by atoms with Crippen molar-refractivity contribution in [1.82, 2.24) is 0 Å². The molecular formula is C52H39NO. The topological polar surface area (TPSA) is 12.5 Å². The summed E-state index contributed by atoms with van der Waals surface area (Å²) in [5.41, 5.74) is 14.7. The first kappa shape index (κ1) is 32.0. The van der Waals surface area contributed by atoms with Gasteiger partial charge in [0.15, 0.2) is 0 Å². The minimum atomic E-state index is -0.574. The molecule has 0 fully saturated rings. The number of rotatable bonds is 6. The van der Waals surface area contributed by atoms with Crippen molar-refractivity contribution in [2.75, 3.05) is 4.90 Å². The van der Waals surface area contributed by atoms with Gasteiger partial charge in [-0.25, -0.2) is 0 Å². The van der Waals surface area contributed by atoms with Gasteiger partial charge < -0.3 is 9.64 Å². The van der Waals surface area contributed by atoms with Gasteiger partial charge >= 0.3 is 0 Å². The van der Waals surface area contributed by atoms with Gasteiger partial charge in [0.1, 0.15) is 11.5 Å². The van der Waals surface area contributed by atoms with Crippen molar-refractivity contribution >= 4 is 17.1 Å². The van der Waals surface area contributed by atoms with Crippen LogP contribution in [0.4, 0.5) is 17.1 Å². The Balaban J connectivity index is 1.27. The first-order valence-corrected chi connectivity index (χ1v) is 18.8. The summed E-state index contributed by atoms with van der Waals surface area (Å²) in [7, 11) is 0. The predicted octanol–water partition coefficient (Wildman–Crippen LogP) is 13.6. The molecule has 0 saturated carbocycles. The minimum Gasteiger partial charge on any atom is -0.457 e. The summed E-state index contributed by atoms with van der Waals surface area (Å²) >= 11 is 0. The molecule has 0 unspecified atom stereocenters. The van der Waals surface area contributed by atoms with Crippen molar-refractivity contribution in [2.45, 2.75) is 24.7 Å². The van der Waals surface area contributed by atoms with E-state index in [1.54, 1.807) is 0 Å². The highest BCUT2D eigenvalue weighted by atomic mass is 16.5. The highest BCUT2D eigenvalue weighted by molar-refractivity contribution is 5.91. The van der Waals surface area contributed by atoms with Crippen LogP contribution in [-0.2, 0) is 10.8 Å². The molecule has 2 nitrogen and oxygen atoms in total. The second kappa shape index (κ2) is 12.5. The fraction of sp³-hybridized carbons (Fsp3) is 0.0769. The van der Waals surface area contributed by atoms with E-state index in [9.17, 15) is 0 Å². The summed E-state index contributed by atoms with van der Waals surface area (Å²) in [6.45, 7) is 4.62. The second-order valence-corrected chi connectivity index (χ2v) is 14.9. The van der Waals surface area contributed by atoms with E-state index >= 15 is 0 Å². The lowest BCUT2D eigenvalue weighted by molar-refractivity contribution is 0.418. The van der Waals surface area contributed by atoms with Gasteiger partial charge in [-0.2, -0.15) is 0 Å². The molecule has 10 rings (SSSR count). The lowest BCUT2D eigenvalue weighted by Crippen LogP contribution is -2.31. The Labute approximate surface area is 317 Å². The molecule has 0 atom stereocenters. The highest BCUT2D eigenvalue weighted by Gasteiger charge is 2.47. The van der Waals surface area contributed by atoms with E-state index in [0.717, 1.165) is 34.1 Å². The van der Waals surface area contributed by atoms with Gasteiger partial charge in [0.25, 0.3) is 0 Å². The number of ether oxygens (including phenoxy) is 1. The molecular weight excluding hydrogens is 655 g/mol. The van der Waals surface area contributed by atoms with E-state index in [0.29, 0.717) is 0 Å². The van der Waals surface area contributed by atoms with Crippen molar-refractivity contribution in [3.05, 3.63) is 234 Å². The van der Waals surface area contributed by atoms with Gasteiger partial charge in [-0.05, 0) is 87.0 Å². The van der Waals surface area contributed by atoms with Crippen LogP contribution in [0.1, 0.15) is 47.2 Å². The molecule has 0 spiro atoms.